The Morgan fingerprint density at radius 3 is 2.64 bits per heavy atom. The molecule has 1 aromatic heterocycles. The van der Waals surface area contributed by atoms with E-state index in [9.17, 15) is 4.79 Å². The largest absolute Gasteiger partial charge is 0.321 e. The van der Waals surface area contributed by atoms with E-state index >= 15 is 0 Å². The van der Waals surface area contributed by atoms with Gasteiger partial charge in [0.1, 0.15) is 0 Å². The highest BCUT2D eigenvalue weighted by molar-refractivity contribution is 7.12. The van der Waals surface area contributed by atoms with Crippen molar-refractivity contribution in [3.05, 3.63) is 100 Å². The second kappa shape index (κ2) is 8.38. The van der Waals surface area contributed by atoms with Crippen LogP contribution in [-0.2, 0) is 6.54 Å². The average Bonchev–Trinajstić information content (AvgIpc) is 3.27. The Bertz CT molecular complexity index is 1080. The molecule has 4 rings (SSSR count). The first-order chi connectivity index (χ1) is 13.7. The van der Waals surface area contributed by atoms with Gasteiger partial charge in [0, 0.05) is 18.3 Å². The lowest BCUT2D eigenvalue weighted by Crippen LogP contribution is -2.18. The van der Waals surface area contributed by atoms with Gasteiger partial charge < -0.3 is 10.6 Å². The van der Waals surface area contributed by atoms with Crippen LogP contribution in [-0.4, -0.2) is 5.91 Å². The van der Waals surface area contributed by atoms with Gasteiger partial charge in [-0.2, -0.15) is 0 Å². The van der Waals surface area contributed by atoms with Crippen LogP contribution >= 0.6 is 11.3 Å². The van der Waals surface area contributed by atoms with Crippen molar-refractivity contribution in [2.24, 2.45) is 0 Å². The summed E-state index contributed by atoms with van der Waals surface area (Å²) in [4.78, 5) is 13.0. The number of hydrogen-bond acceptors (Lipinski definition) is 3. The predicted octanol–water partition coefficient (Wildman–Crippen LogP) is 6.00. The number of anilines is 1. The summed E-state index contributed by atoms with van der Waals surface area (Å²) in [5, 5.41) is 11.0. The van der Waals surface area contributed by atoms with Gasteiger partial charge in [0.15, 0.2) is 0 Å². The van der Waals surface area contributed by atoms with E-state index in [4.69, 9.17) is 0 Å². The molecule has 0 bridgehead atoms. The quantitative estimate of drug-likeness (QED) is 0.426. The third-order valence-electron chi connectivity index (χ3n) is 4.83. The third-order valence-corrected chi connectivity index (χ3v) is 5.70. The van der Waals surface area contributed by atoms with Crippen LogP contribution in [0.4, 0.5) is 5.69 Å². The summed E-state index contributed by atoms with van der Waals surface area (Å²) in [7, 11) is 0. The van der Waals surface area contributed by atoms with Crippen molar-refractivity contribution in [3.63, 3.8) is 0 Å². The van der Waals surface area contributed by atoms with Crippen molar-refractivity contribution in [1.82, 2.24) is 5.32 Å². The standard InChI is InChI=1S/C24H22N2OS/c1-17(21-12-5-9-19-8-2-3-11-22(19)21)25-16-18-7-4-10-20(15-18)26-24(27)23-13-6-14-28-23/h2-15,17,25H,16H2,1H3,(H,26,27)/t17-/m1/s1. The van der Waals surface area contributed by atoms with Crippen molar-refractivity contribution >= 4 is 33.7 Å². The zero-order valence-electron chi connectivity index (χ0n) is 15.7. The van der Waals surface area contributed by atoms with E-state index in [-0.39, 0.29) is 11.9 Å². The number of carbonyl (C=O) groups is 1. The molecule has 0 saturated heterocycles. The van der Waals surface area contributed by atoms with Gasteiger partial charge in [0.25, 0.3) is 5.91 Å². The van der Waals surface area contributed by atoms with E-state index in [1.807, 2.05) is 35.7 Å². The van der Waals surface area contributed by atoms with Crippen LogP contribution in [0.2, 0.25) is 0 Å². The lowest BCUT2D eigenvalue weighted by molar-refractivity contribution is 0.103. The molecule has 4 aromatic rings. The highest BCUT2D eigenvalue weighted by Crippen LogP contribution is 2.24. The molecule has 140 valence electrons. The highest BCUT2D eigenvalue weighted by atomic mass is 32.1. The maximum atomic E-state index is 12.2. The number of thiophene rings is 1. The normalized spacial score (nSPS) is 12.0. The van der Waals surface area contributed by atoms with Gasteiger partial charge in [-0.15, -0.1) is 11.3 Å². The number of amides is 1. The molecule has 0 unspecified atom stereocenters. The van der Waals surface area contributed by atoms with Crippen LogP contribution in [0.15, 0.2) is 84.2 Å². The van der Waals surface area contributed by atoms with Gasteiger partial charge in [0.2, 0.25) is 0 Å². The van der Waals surface area contributed by atoms with Crippen molar-refractivity contribution in [3.8, 4) is 0 Å². The Hall–Kier alpha value is -2.95. The summed E-state index contributed by atoms with van der Waals surface area (Å²) in [5.41, 5.74) is 3.24. The number of benzene rings is 3. The lowest BCUT2D eigenvalue weighted by atomic mass is 9.99. The monoisotopic (exact) mass is 386 g/mol. The van der Waals surface area contributed by atoms with E-state index in [0.29, 0.717) is 4.88 Å². The molecule has 0 aliphatic rings. The molecule has 3 nitrogen and oxygen atoms in total. The Kier molecular flexibility index (Phi) is 5.51. The number of carbonyl (C=O) groups excluding carboxylic acids is 1. The molecule has 0 aliphatic heterocycles. The zero-order valence-corrected chi connectivity index (χ0v) is 16.5. The number of hydrogen-bond donors (Lipinski definition) is 2. The summed E-state index contributed by atoms with van der Waals surface area (Å²) in [6.07, 6.45) is 0. The van der Waals surface area contributed by atoms with Gasteiger partial charge in [-0.25, -0.2) is 0 Å². The Morgan fingerprint density at radius 1 is 0.964 bits per heavy atom. The minimum absolute atomic E-state index is 0.0655. The Balaban J connectivity index is 1.44. The first-order valence-corrected chi connectivity index (χ1v) is 10.2. The fraction of sp³-hybridized carbons (Fsp3) is 0.125. The maximum Gasteiger partial charge on any atom is 0.265 e. The number of fused-ring (bicyclic) bond motifs is 1. The van der Waals surface area contributed by atoms with Crippen molar-refractivity contribution < 1.29 is 4.79 Å². The minimum atomic E-state index is -0.0655. The SMILES string of the molecule is C[C@@H](NCc1cccc(NC(=O)c2cccs2)c1)c1cccc2ccccc12. The first kappa shape index (κ1) is 18.4. The third kappa shape index (κ3) is 4.14. The van der Waals surface area contributed by atoms with Crippen LogP contribution < -0.4 is 10.6 Å². The number of rotatable bonds is 6. The molecule has 0 saturated carbocycles. The van der Waals surface area contributed by atoms with Gasteiger partial charge in [-0.05, 0) is 52.4 Å². The van der Waals surface area contributed by atoms with Crippen LogP contribution in [0, 0.1) is 0 Å². The first-order valence-electron chi connectivity index (χ1n) is 9.35. The van der Waals surface area contributed by atoms with E-state index in [1.165, 1.54) is 27.7 Å². The van der Waals surface area contributed by atoms with Crippen molar-refractivity contribution in [2.75, 3.05) is 5.32 Å². The minimum Gasteiger partial charge on any atom is -0.321 e. The van der Waals surface area contributed by atoms with Crippen molar-refractivity contribution in [2.45, 2.75) is 19.5 Å². The molecule has 0 radical (unpaired) electrons. The summed E-state index contributed by atoms with van der Waals surface area (Å²) in [6.45, 7) is 2.91. The molecular weight excluding hydrogens is 364 g/mol. The second-order valence-corrected chi connectivity index (χ2v) is 7.75. The molecule has 1 atom stereocenters. The molecule has 1 heterocycles. The molecular formula is C24H22N2OS. The van der Waals surface area contributed by atoms with Gasteiger partial charge in [-0.1, -0.05) is 60.7 Å². The summed E-state index contributed by atoms with van der Waals surface area (Å²) >= 11 is 1.44. The smallest absolute Gasteiger partial charge is 0.265 e. The van der Waals surface area contributed by atoms with Gasteiger partial charge in [-0.3, -0.25) is 4.79 Å². The Labute approximate surface area is 169 Å². The molecule has 2 N–H and O–H groups in total. The highest BCUT2D eigenvalue weighted by Gasteiger charge is 2.10. The molecule has 3 aromatic carbocycles. The van der Waals surface area contributed by atoms with Gasteiger partial charge >= 0.3 is 0 Å². The average molecular weight is 387 g/mol. The van der Waals surface area contributed by atoms with Crippen LogP contribution in [0.3, 0.4) is 0 Å². The van der Waals surface area contributed by atoms with Crippen LogP contribution in [0.1, 0.15) is 33.8 Å². The van der Waals surface area contributed by atoms with Crippen LogP contribution in [0.25, 0.3) is 10.8 Å². The molecule has 0 spiro atoms. The van der Waals surface area contributed by atoms with Crippen molar-refractivity contribution in [1.29, 1.82) is 0 Å². The molecule has 1 amide bonds. The predicted molar refractivity (Wildman–Crippen MR) is 118 cm³/mol. The fourth-order valence-corrected chi connectivity index (χ4v) is 3.99. The van der Waals surface area contributed by atoms with E-state index in [0.717, 1.165) is 17.8 Å². The second-order valence-electron chi connectivity index (χ2n) is 6.80. The molecule has 0 fully saturated rings. The number of nitrogens with one attached hydrogen (secondary N) is 2. The van der Waals surface area contributed by atoms with Crippen LogP contribution in [0.5, 0.6) is 0 Å². The van der Waals surface area contributed by atoms with E-state index in [2.05, 4.69) is 66.1 Å². The molecule has 4 heteroatoms. The van der Waals surface area contributed by atoms with Gasteiger partial charge in [0.05, 0.1) is 4.88 Å². The fourth-order valence-electron chi connectivity index (χ4n) is 3.37. The topological polar surface area (TPSA) is 41.1 Å². The lowest BCUT2D eigenvalue weighted by Gasteiger charge is -2.17. The van der Waals surface area contributed by atoms with E-state index < -0.39 is 0 Å². The molecule has 0 aliphatic carbocycles. The van der Waals surface area contributed by atoms with E-state index in [1.54, 1.807) is 0 Å². The molecule has 28 heavy (non-hydrogen) atoms. The summed E-state index contributed by atoms with van der Waals surface area (Å²) in [6, 6.07) is 26.8. The summed E-state index contributed by atoms with van der Waals surface area (Å²) < 4.78 is 0. The zero-order chi connectivity index (χ0) is 19.3. The Morgan fingerprint density at radius 2 is 1.79 bits per heavy atom. The summed E-state index contributed by atoms with van der Waals surface area (Å²) in [5.74, 6) is -0.0655. The maximum absolute atomic E-state index is 12.2.